The van der Waals surface area contributed by atoms with Crippen LogP contribution < -0.4 is 4.90 Å². The first kappa shape index (κ1) is 28.5. The molecule has 8 aromatic rings. The second-order valence-corrected chi connectivity index (χ2v) is 14.0. The third kappa shape index (κ3) is 4.25. The van der Waals surface area contributed by atoms with Gasteiger partial charge in [-0.15, -0.1) is 0 Å². The van der Waals surface area contributed by atoms with Gasteiger partial charge in [-0.2, -0.15) is 0 Å². The molecule has 2 aliphatic carbocycles. The van der Waals surface area contributed by atoms with Crippen LogP contribution in [-0.4, -0.2) is 15.2 Å². The standard InChI is InChI=1S/C48H35N3/c1-3-13-34(14-4-1)49-43-20-10-7-17-37(43)40-29-32(23-26-46(40)49)33-24-27-47-41(30-33)38-18-8-12-22-45(38)51(47)36-25-28-48-42(31-36)39-19-9-11-21-44(39)50(48)35-15-5-2-6-16-35/h1,3-5,7-31,37,43H,2,6H2. The van der Waals surface area contributed by atoms with Crippen molar-refractivity contribution in [2.24, 2.45) is 0 Å². The molecule has 3 nitrogen and oxygen atoms in total. The lowest BCUT2D eigenvalue weighted by Gasteiger charge is -2.28. The Balaban J connectivity index is 1.06. The van der Waals surface area contributed by atoms with Crippen molar-refractivity contribution in [2.45, 2.75) is 24.8 Å². The molecule has 0 saturated carbocycles. The maximum atomic E-state index is 2.50. The lowest BCUT2D eigenvalue weighted by molar-refractivity contribution is 0.745. The van der Waals surface area contributed by atoms with Crippen LogP contribution in [0.2, 0.25) is 0 Å². The molecule has 0 radical (unpaired) electrons. The highest BCUT2D eigenvalue weighted by Crippen LogP contribution is 2.49. The van der Waals surface area contributed by atoms with E-state index in [0.717, 1.165) is 12.8 Å². The number of para-hydroxylation sites is 3. The third-order valence-corrected chi connectivity index (χ3v) is 11.2. The van der Waals surface area contributed by atoms with E-state index in [2.05, 4.69) is 190 Å². The summed E-state index contributed by atoms with van der Waals surface area (Å²) in [4.78, 5) is 2.50. The first-order valence-electron chi connectivity index (χ1n) is 18.1. The molecule has 0 bridgehead atoms. The molecule has 6 aromatic carbocycles. The van der Waals surface area contributed by atoms with Crippen LogP contribution in [0.3, 0.4) is 0 Å². The first-order chi connectivity index (χ1) is 25.3. The van der Waals surface area contributed by atoms with E-state index in [4.69, 9.17) is 0 Å². The van der Waals surface area contributed by atoms with Crippen molar-refractivity contribution in [3.05, 3.63) is 182 Å². The second-order valence-electron chi connectivity index (χ2n) is 14.0. The Morgan fingerprint density at radius 1 is 0.490 bits per heavy atom. The van der Waals surface area contributed by atoms with Gasteiger partial charge in [0.2, 0.25) is 0 Å². The van der Waals surface area contributed by atoms with Crippen LogP contribution in [0.15, 0.2) is 176 Å². The number of fused-ring (bicyclic) bond motifs is 9. The Hall–Kier alpha value is -6.32. The largest absolute Gasteiger partial charge is 0.333 e. The van der Waals surface area contributed by atoms with Gasteiger partial charge in [0.05, 0.1) is 28.1 Å². The third-order valence-electron chi connectivity index (χ3n) is 11.2. The lowest BCUT2D eigenvalue weighted by Crippen LogP contribution is -2.28. The predicted molar refractivity (Wildman–Crippen MR) is 215 cm³/mol. The molecule has 242 valence electrons. The highest BCUT2D eigenvalue weighted by atomic mass is 15.2. The van der Waals surface area contributed by atoms with Crippen molar-refractivity contribution in [2.75, 3.05) is 4.90 Å². The Kier molecular flexibility index (Phi) is 6.20. The van der Waals surface area contributed by atoms with Crippen LogP contribution in [0.4, 0.5) is 11.4 Å². The topological polar surface area (TPSA) is 13.1 Å². The Labute approximate surface area is 297 Å². The second kappa shape index (κ2) is 11.1. The molecule has 0 fully saturated rings. The zero-order valence-electron chi connectivity index (χ0n) is 28.2. The average Bonchev–Trinajstić information content (AvgIpc) is 3.83. The van der Waals surface area contributed by atoms with Gasteiger partial charge in [-0.1, -0.05) is 103 Å². The summed E-state index contributed by atoms with van der Waals surface area (Å²) < 4.78 is 4.88. The zero-order chi connectivity index (χ0) is 33.5. The van der Waals surface area contributed by atoms with Gasteiger partial charge in [0.25, 0.3) is 0 Å². The van der Waals surface area contributed by atoms with E-state index in [0.29, 0.717) is 5.92 Å². The van der Waals surface area contributed by atoms with Crippen molar-refractivity contribution in [1.82, 2.24) is 9.13 Å². The Bertz CT molecular complexity index is 2820. The SMILES string of the molecule is C1=CC2c3cc(-c4ccc5c(c4)c4ccccc4n5-c4ccc5c(c4)c4ccccc4n5C4=CCCC=C4)ccc3N(c3ccccc3)C2C=C1. The summed E-state index contributed by atoms with van der Waals surface area (Å²) in [6, 6.07) is 49.9. The van der Waals surface area contributed by atoms with Crippen LogP contribution in [0.1, 0.15) is 24.3 Å². The molecule has 3 aliphatic rings. The molecule has 0 N–H and O–H groups in total. The monoisotopic (exact) mass is 653 g/mol. The lowest BCUT2D eigenvalue weighted by atomic mass is 9.89. The van der Waals surface area contributed by atoms with Crippen molar-refractivity contribution in [1.29, 1.82) is 0 Å². The predicted octanol–water partition coefficient (Wildman–Crippen LogP) is 12.5. The van der Waals surface area contributed by atoms with Crippen LogP contribution in [-0.2, 0) is 0 Å². The van der Waals surface area contributed by atoms with Crippen LogP contribution in [0.25, 0.3) is 66.1 Å². The molecule has 51 heavy (non-hydrogen) atoms. The summed E-state index contributed by atoms with van der Waals surface area (Å²) in [5.74, 6) is 0.321. The minimum Gasteiger partial charge on any atom is -0.333 e. The molecule has 0 saturated heterocycles. The van der Waals surface area contributed by atoms with E-state index in [-0.39, 0.29) is 6.04 Å². The van der Waals surface area contributed by atoms with Gasteiger partial charge < -0.3 is 14.0 Å². The fraction of sp³-hybridized carbons (Fsp3) is 0.0833. The van der Waals surface area contributed by atoms with Crippen LogP contribution >= 0.6 is 0 Å². The van der Waals surface area contributed by atoms with Gasteiger partial charge in [-0.3, -0.25) is 0 Å². The highest BCUT2D eigenvalue weighted by Gasteiger charge is 2.37. The minimum atomic E-state index is 0.283. The maximum absolute atomic E-state index is 2.50. The normalized spacial score (nSPS) is 17.9. The first-order valence-corrected chi connectivity index (χ1v) is 18.1. The van der Waals surface area contributed by atoms with E-state index in [1.54, 1.807) is 0 Å². The summed E-state index contributed by atoms with van der Waals surface area (Å²) in [6.45, 7) is 0. The van der Waals surface area contributed by atoms with Gasteiger partial charge in [0.1, 0.15) is 0 Å². The Morgan fingerprint density at radius 2 is 1.16 bits per heavy atom. The average molecular weight is 654 g/mol. The number of anilines is 2. The van der Waals surface area contributed by atoms with E-state index in [1.807, 2.05) is 0 Å². The highest BCUT2D eigenvalue weighted by molar-refractivity contribution is 6.13. The van der Waals surface area contributed by atoms with Crippen molar-refractivity contribution < 1.29 is 0 Å². The number of nitrogens with zero attached hydrogens (tertiary/aromatic N) is 3. The summed E-state index contributed by atoms with van der Waals surface area (Å²) >= 11 is 0. The van der Waals surface area contributed by atoms with Gasteiger partial charge in [-0.25, -0.2) is 0 Å². The van der Waals surface area contributed by atoms with Crippen molar-refractivity contribution in [3.8, 4) is 16.8 Å². The number of aromatic nitrogens is 2. The number of rotatable bonds is 4. The number of hydrogen-bond acceptors (Lipinski definition) is 1. The smallest absolute Gasteiger partial charge is 0.0629 e. The minimum absolute atomic E-state index is 0.283. The van der Waals surface area contributed by atoms with Gasteiger partial charge in [0.15, 0.2) is 0 Å². The molecular formula is C48H35N3. The molecule has 3 heterocycles. The van der Waals surface area contributed by atoms with Gasteiger partial charge in [-0.05, 0) is 102 Å². The molecule has 11 rings (SSSR count). The molecule has 3 heteroatoms. The molecule has 0 spiro atoms. The fourth-order valence-corrected chi connectivity index (χ4v) is 8.98. The number of benzene rings is 6. The quantitative estimate of drug-likeness (QED) is 0.184. The summed E-state index contributed by atoms with van der Waals surface area (Å²) in [6.07, 6.45) is 18.2. The van der Waals surface area contributed by atoms with Crippen molar-refractivity contribution >= 4 is 60.7 Å². The van der Waals surface area contributed by atoms with E-state index in [1.165, 1.54) is 83.1 Å². The Morgan fingerprint density at radius 3 is 1.98 bits per heavy atom. The van der Waals surface area contributed by atoms with Crippen LogP contribution in [0.5, 0.6) is 0 Å². The molecule has 2 atom stereocenters. The van der Waals surface area contributed by atoms with Gasteiger partial charge in [0, 0.05) is 50.2 Å². The number of allylic oxidation sites excluding steroid dienone is 6. The summed E-state index contributed by atoms with van der Waals surface area (Å²) in [5, 5.41) is 5.10. The van der Waals surface area contributed by atoms with Gasteiger partial charge >= 0.3 is 0 Å². The molecule has 2 unspecified atom stereocenters. The van der Waals surface area contributed by atoms with Crippen molar-refractivity contribution in [3.63, 3.8) is 0 Å². The van der Waals surface area contributed by atoms with E-state index in [9.17, 15) is 0 Å². The van der Waals surface area contributed by atoms with E-state index >= 15 is 0 Å². The summed E-state index contributed by atoms with van der Waals surface area (Å²) in [7, 11) is 0. The zero-order valence-corrected chi connectivity index (χ0v) is 28.2. The van der Waals surface area contributed by atoms with Crippen LogP contribution in [0, 0.1) is 0 Å². The number of hydrogen-bond donors (Lipinski definition) is 0. The molecule has 2 aromatic heterocycles. The molecule has 1 aliphatic heterocycles. The maximum Gasteiger partial charge on any atom is 0.0629 e. The van der Waals surface area contributed by atoms with E-state index < -0.39 is 0 Å². The summed E-state index contributed by atoms with van der Waals surface area (Å²) in [5.41, 5.74) is 13.8. The fourth-order valence-electron chi connectivity index (χ4n) is 8.98. The molecular weight excluding hydrogens is 619 g/mol. The molecule has 0 amide bonds.